The number of carbonyl (C=O) groups excluding carboxylic acids is 1. The van der Waals surface area contributed by atoms with Gasteiger partial charge >= 0.3 is 0 Å². The molecule has 0 N–H and O–H groups in total. The number of amides is 1. The summed E-state index contributed by atoms with van der Waals surface area (Å²) in [5.41, 5.74) is 1.91. The van der Waals surface area contributed by atoms with Crippen LogP contribution in [0.3, 0.4) is 0 Å². The zero-order valence-electron chi connectivity index (χ0n) is 14.4. The van der Waals surface area contributed by atoms with Gasteiger partial charge in [-0.1, -0.05) is 29.3 Å². The lowest BCUT2D eigenvalue weighted by Gasteiger charge is -2.23. The summed E-state index contributed by atoms with van der Waals surface area (Å²) in [6.07, 6.45) is 6.83. The smallest absolute Gasteiger partial charge is 0.261 e. The number of pyridine rings is 2. The minimum absolute atomic E-state index is 0.147. The second-order valence-electron chi connectivity index (χ2n) is 5.83. The van der Waals surface area contributed by atoms with Gasteiger partial charge < -0.3 is 9.64 Å². The zero-order valence-corrected chi connectivity index (χ0v) is 15.9. The van der Waals surface area contributed by atoms with Gasteiger partial charge in [-0.3, -0.25) is 14.8 Å². The number of aromatic nitrogens is 2. The molecule has 3 rings (SSSR count). The summed E-state index contributed by atoms with van der Waals surface area (Å²) in [6.45, 7) is 0.704. The number of benzene rings is 1. The number of hydrogen-bond donors (Lipinski definition) is 0. The number of halogens is 2. The summed E-state index contributed by atoms with van der Waals surface area (Å²) in [4.78, 5) is 22.6. The first-order valence-corrected chi connectivity index (χ1v) is 9.01. The van der Waals surface area contributed by atoms with Gasteiger partial charge in [0.05, 0.1) is 5.02 Å². The summed E-state index contributed by atoms with van der Waals surface area (Å²) in [7, 11) is 0. The van der Waals surface area contributed by atoms with Crippen molar-refractivity contribution in [2.45, 2.75) is 13.1 Å². The lowest BCUT2D eigenvalue weighted by Crippen LogP contribution is -2.34. The topological polar surface area (TPSA) is 55.3 Å². The van der Waals surface area contributed by atoms with Gasteiger partial charge in [0.25, 0.3) is 5.91 Å². The summed E-state index contributed by atoms with van der Waals surface area (Å²) in [5.74, 6) is 0.203. The van der Waals surface area contributed by atoms with Gasteiger partial charge in [-0.15, -0.1) is 0 Å². The Morgan fingerprint density at radius 2 is 1.74 bits per heavy atom. The number of carbonyl (C=O) groups is 1. The second kappa shape index (κ2) is 9.35. The fraction of sp³-hybridized carbons (Fsp3) is 0.150. The molecule has 0 aliphatic carbocycles. The van der Waals surface area contributed by atoms with Crippen molar-refractivity contribution in [2.24, 2.45) is 0 Å². The van der Waals surface area contributed by atoms with E-state index >= 15 is 0 Å². The fourth-order valence-corrected chi connectivity index (χ4v) is 2.81. The third kappa shape index (κ3) is 5.67. The minimum Gasteiger partial charge on any atom is -0.482 e. The van der Waals surface area contributed by atoms with Crippen molar-refractivity contribution < 1.29 is 9.53 Å². The highest BCUT2D eigenvalue weighted by atomic mass is 35.5. The second-order valence-corrected chi connectivity index (χ2v) is 6.67. The highest BCUT2D eigenvalue weighted by molar-refractivity contribution is 6.34. The van der Waals surface area contributed by atoms with Crippen LogP contribution in [0.2, 0.25) is 10.0 Å². The maximum atomic E-state index is 12.8. The first kappa shape index (κ1) is 19.1. The van der Waals surface area contributed by atoms with E-state index in [0.29, 0.717) is 28.9 Å². The average Bonchev–Trinajstić information content (AvgIpc) is 2.69. The standard InChI is InChI=1S/C20H17Cl2N3O2/c21-17-3-4-18(22)19(10-17)27-14-20(26)25(12-15-5-8-23-9-6-15)13-16-2-1-7-24-11-16/h1-11H,12-14H2. The van der Waals surface area contributed by atoms with Crippen LogP contribution >= 0.6 is 23.2 Å². The van der Waals surface area contributed by atoms with Crippen molar-refractivity contribution >= 4 is 29.1 Å². The van der Waals surface area contributed by atoms with E-state index in [2.05, 4.69) is 9.97 Å². The Labute approximate surface area is 167 Å². The zero-order chi connectivity index (χ0) is 19.1. The lowest BCUT2D eigenvalue weighted by atomic mass is 10.2. The molecule has 27 heavy (non-hydrogen) atoms. The number of hydrogen-bond acceptors (Lipinski definition) is 4. The van der Waals surface area contributed by atoms with Crippen LogP contribution in [0.25, 0.3) is 0 Å². The normalized spacial score (nSPS) is 10.4. The van der Waals surface area contributed by atoms with Gasteiger partial charge in [0.1, 0.15) is 5.75 Å². The van der Waals surface area contributed by atoms with Crippen molar-refractivity contribution in [1.29, 1.82) is 0 Å². The fourth-order valence-electron chi connectivity index (χ4n) is 2.47. The van der Waals surface area contributed by atoms with Crippen LogP contribution in [0.15, 0.2) is 67.3 Å². The largest absolute Gasteiger partial charge is 0.482 e. The molecule has 0 unspecified atom stereocenters. The maximum absolute atomic E-state index is 12.8. The third-order valence-corrected chi connectivity index (χ3v) is 4.36. The van der Waals surface area contributed by atoms with E-state index in [9.17, 15) is 4.79 Å². The van der Waals surface area contributed by atoms with E-state index in [4.69, 9.17) is 27.9 Å². The van der Waals surface area contributed by atoms with Gasteiger partial charge in [0.15, 0.2) is 6.61 Å². The first-order valence-electron chi connectivity index (χ1n) is 8.25. The number of nitrogens with zero attached hydrogens (tertiary/aromatic N) is 3. The lowest BCUT2D eigenvalue weighted by molar-refractivity contribution is -0.134. The molecule has 0 saturated heterocycles. The van der Waals surface area contributed by atoms with E-state index in [0.717, 1.165) is 11.1 Å². The van der Waals surface area contributed by atoms with Gasteiger partial charge in [0.2, 0.25) is 0 Å². The van der Waals surface area contributed by atoms with Gasteiger partial charge in [-0.05, 0) is 41.5 Å². The minimum atomic E-state index is -0.174. The quantitative estimate of drug-likeness (QED) is 0.588. The number of ether oxygens (including phenoxy) is 1. The molecule has 0 radical (unpaired) electrons. The molecule has 3 aromatic rings. The average molecular weight is 402 g/mol. The molecular weight excluding hydrogens is 385 g/mol. The van der Waals surface area contributed by atoms with E-state index in [1.165, 1.54) is 0 Å². The van der Waals surface area contributed by atoms with E-state index in [1.54, 1.807) is 47.9 Å². The molecule has 0 spiro atoms. The predicted octanol–water partition coefficient (Wildman–Crippen LogP) is 4.39. The van der Waals surface area contributed by atoms with Crippen molar-refractivity contribution in [1.82, 2.24) is 14.9 Å². The molecule has 0 fully saturated rings. The number of rotatable bonds is 7. The van der Waals surface area contributed by atoms with Crippen LogP contribution in [-0.4, -0.2) is 27.4 Å². The van der Waals surface area contributed by atoms with Crippen LogP contribution in [0, 0.1) is 0 Å². The molecule has 0 atom stereocenters. The first-order chi connectivity index (χ1) is 13.1. The van der Waals surface area contributed by atoms with Crippen molar-refractivity contribution in [3.05, 3.63) is 88.4 Å². The predicted molar refractivity (Wildman–Crippen MR) is 105 cm³/mol. The molecule has 2 aromatic heterocycles. The Morgan fingerprint density at radius 1 is 0.963 bits per heavy atom. The molecule has 1 amide bonds. The van der Waals surface area contributed by atoms with Crippen molar-refractivity contribution in [3.8, 4) is 5.75 Å². The van der Waals surface area contributed by atoms with Crippen LogP contribution < -0.4 is 4.74 Å². The molecule has 1 aromatic carbocycles. The molecule has 2 heterocycles. The third-order valence-electron chi connectivity index (χ3n) is 3.82. The molecule has 0 aliphatic rings. The van der Waals surface area contributed by atoms with Crippen molar-refractivity contribution in [2.75, 3.05) is 6.61 Å². The Bertz CT molecular complexity index is 851. The van der Waals surface area contributed by atoms with Gasteiger partial charge in [-0.2, -0.15) is 0 Å². The van der Waals surface area contributed by atoms with Gasteiger partial charge in [0, 0.05) is 49.0 Å². The molecule has 0 saturated carbocycles. The highest BCUT2D eigenvalue weighted by Crippen LogP contribution is 2.27. The molecule has 138 valence electrons. The monoisotopic (exact) mass is 401 g/mol. The molecule has 7 heteroatoms. The SMILES string of the molecule is O=C(COc1cc(Cl)ccc1Cl)N(Cc1ccncc1)Cc1cccnc1. The van der Waals surface area contributed by atoms with Crippen LogP contribution in [0.5, 0.6) is 5.75 Å². The summed E-state index contributed by atoms with van der Waals surface area (Å²) in [6, 6.07) is 12.4. The van der Waals surface area contributed by atoms with Crippen LogP contribution in [0.4, 0.5) is 0 Å². The Balaban J connectivity index is 1.72. The summed E-state index contributed by atoms with van der Waals surface area (Å²) in [5, 5.41) is 0.894. The maximum Gasteiger partial charge on any atom is 0.261 e. The molecule has 0 bridgehead atoms. The van der Waals surface area contributed by atoms with Crippen molar-refractivity contribution in [3.63, 3.8) is 0 Å². The summed E-state index contributed by atoms with van der Waals surface area (Å²) < 4.78 is 5.60. The Hall–Kier alpha value is -2.63. The molecular formula is C20H17Cl2N3O2. The Morgan fingerprint density at radius 3 is 2.48 bits per heavy atom. The van der Waals surface area contributed by atoms with E-state index in [1.807, 2.05) is 24.3 Å². The van der Waals surface area contributed by atoms with Crippen LogP contribution in [-0.2, 0) is 17.9 Å². The molecule has 0 aliphatic heterocycles. The molecule has 5 nitrogen and oxygen atoms in total. The Kier molecular flexibility index (Phi) is 6.63. The van der Waals surface area contributed by atoms with E-state index < -0.39 is 0 Å². The highest BCUT2D eigenvalue weighted by Gasteiger charge is 2.16. The van der Waals surface area contributed by atoms with Crippen LogP contribution in [0.1, 0.15) is 11.1 Å². The van der Waals surface area contributed by atoms with Gasteiger partial charge in [-0.25, -0.2) is 0 Å². The van der Waals surface area contributed by atoms with E-state index in [-0.39, 0.29) is 12.5 Å². The summed E-state index contributed by atoms with van der Waals surface area (Å²) >= 11 is 12.1.